The van der Waals surface area contributed by atoms with Crippen LogP contribution in [0.4, 0.5) is 11.4 Å². The fourth-order valence-electron chi connectivity index (χ4n) is 2.20. The molecule has 0 aromatic heterocycles. The molecule has 2 aromatic carbocycles. The zero-order valence-corrected chi connectivity index (χ0v) is 15.3. The predicted molar refractivity (Wildman–Crippen MR) is 101 cm³/mol. The van der Waals surface area contributed by atoms with Gasteiger partial charge in [-0.2, -0.15) is 0 Å². The van der Waals surface area contributed by atoms with E-state index in [1.165, 1.54) is 24.3 Å². The maximum Gasteiger partial charge on any atom is 0.269 e. The van der Waals surface area contributed by atoms with Gasteiger partial charge in [0.1, 0.15) is 5.75 Å². The number of amides is 2. The Kier molecular flexibility index (Phi) is 6.12. The molecule has 0 unspecified atom stereocenters. The van der Waals surface area contributed by atoms with E-state index in [4.69, 9.17) is 4.74 Å². The number of hydrogen-bond donors (Lipinski definition) is 2. The molecule has 0 fully saturated rings. The average Bonchev–Trinajstić information content (AvgIpc) is 2.59. The fourth-order valence-corrected chi connectivity index (χ4v) is 2.20. The van der Waals surface area contributed by atoms with E-state index in [-0.39, 0.29) is 18.2 Å². The van der Waals surface area contributed by atoms with Crippen molar-refractivity contribution in [2.24, 2.45) is 0 Å². The Labute approximate surface area is 156 Å². The number of non-ortho nitro benzene ring substituents is 1. The predicted octanol–water partition coefficient (Wildman–Crippen LogP) is 3.14. The number of nitrogens with zero attached hydrogens (tertiary/aromatic N) is 1. The molecule has 8 heteroatoms. The highest BCUT2D eigenvalue weighted by Crippen LogP contribution is 2.18. The van der Waals surface area contributed by atoms with Crippen LogP contribution in [0.3, 0.4) is 0 Å². The molecule has 0 radical (unpaired) electrons. The molecule has 2 N–H and O–H groups in total. The number of hydrogen-bond acceptors (Lipinski definition) is 5. The third kappa shape index (κ3) is 6.10. The van der Waals surface area contributed by atoms with Gasteiger partial charge >= 0.3 is 0 Å². The van der Waals surface area contributed by atoms with Crippen LogP contribution in [0.5, 0.6) is 5.75 Å². The van der Waals surface area contributed by atoms with E-state index in [9.17, 15) is 19.7 Å². The summed E-state index contributed by atoms with van der Waals surface area (Å²) in [7, 11) is 0. The van der Waals surface area contributed by atoms with Crippen LogP contribution in [-0.4, -0.2) is 28.9 Å². The molecule has 2 amide bonds. The van der Waals surface area contributed by atoms with Gasteiger partial charge in [-0.3, -0.25) is 19.7 Å². The van der Waals surface area contributed by atoms with Gasteiger partial charge in [0.15, 0.2) is 6.61 Å². The monoisotopic (exact) mass is 371 g/mol. The molecule has 0 aliphatic carbocycles. The van der Waals surface area contributed by atoms with Crippen LogP contribution in [0, 0.1) is 10.1 Å². The first kappa shape index (κ1) is 19.9. The van der Waals surface area contributed by atoms with E-state index in [0.717, 1.165) is 0 Å². The highest BCUT2D eigenvalue weighted by Gasteiger charge is 2.18. The van der Waals surface area contributed by atoms with E-state index in [0.29, 0.717) is 17.0 Å². The van der Waals surface area contributed by atoms with Crippen molar-refractivity contribution >= 4 is 23.2 Å². The Bertz CT molecular complexity index is 841. The highest BCUT2D eigenvalue weighted by atomic mass is 16.6. The molecule has 0 aliphatic heterocycles. The summed E-state index contributed by atoms with van der Waals surface area (Å²) in [5.41, 5.74) is 0.242. The largest absolute Gasteiger partial charge is 0.484 e. The van der Waals surface area contributed by atoms with Crippen LogP contribution >= 0.6 is 0 Å². The summed E-state index contributed by atoms with van der Waals surface area (Å²) in [6, 6.07) is 12.1. The second kappa shape index (κ2) is 8.31. The Morgan fingerprint density at radius 3 is 2.30 bits per heavy atom. The minimum atomic E-state index is -0.518. The van der Waals surface area contributed by atoms with Crippen molar-refractivity contribution in [3.63, 3.8) is 0 Å². The molecule has 0 saturated carbocycles. The molecule has 0 spiro atoms. The lowest BCUT2D eigenvalue weighted by molar-refractivity contribution is -0.384. The number of nitrogens with one attached hydrogen (secondary N) is 2. The van der Waals surface area contributed by atoms with Crippen LogP contribution in [0.2, 0.25) is 0 Å². The van der Waals surface area contributed by atoms with Crippen LogP contribution < -0.4 is 15.4 Å². The summed E-state index contributed by atoms with van der Waals surface area (Å²) in [4.78, 5) is 34.6. The van der Waals surface area contributed by atoms with Gasteiger partial charge in [-0.1, -0.05) is 12.1 Å². The molecule has 0 atom stereocenters. The lowest BCUT2D eigenvalue weighted by Gasteiger charge is -2.21. The van der Waals surface area contributed by atoms with Crippen molar-refractivity contribution in [1.82, 2.24) is 5.32 Å². The summed E-state index contributed by atoms with van der Waals surface area (Å²) >= 11 is 0. The molecular weight excluding hydrogens is 350 g/mol. The molecule has 8 nitrogen and oxygen atoms in total. The number of nitro groups is 1. The number of benzene rings is 2. The molecule has 27 heavy (non-hydrogen) atoms. The number of anilines is 1. The second-order valence-corrected chi connectivity index (χ2v) is 6.84. The van der Waals surface area contributed by atoms with Crippen LogP contribution in [-0.2, 0) is 4.79 Å². The number of rotatable bonds is 6. The summed E-state index contributed by atoms with van der Waals surface area (Å²) in [6.07, 6.45) is 0. The van der Waals surface area contributed by atoms with Crippen LogP contribution in [0.15, 0.2) is 48.5 Å². The minimum Gasteiger partial charge on any atom is -0.484 e. The number of nitro benzene ring substituents is 1. The summed E-state index contributed by atoms with van der Waals surface area (Å²) < 4.78 is 5.32. The standard InChI is InChI=1S/C19H21N3O5/c1-19(2,3)21-18(24)15-6-4-5-7-16(15)20-17(23)12-27-14-10-8-13(9-11-14)22(25)26/h4-11H,12H2,1-3H3,(H,20,23)(H,21,24). The summed E-state index contributed by atoms with van der Waals surface area (Å²) in [5.74, 6) is -0.423. The van der Waals surface area contributed by atoms with Gasteiger partial charge in [0.25, 0.3) is 17.5 Å². The molecule has 0 bridgehead atoms. The Morgan fingerprint density at radius 2 is 1.70 bits per heavy atom. The molecule has 0 saturated heterocycles. The van der Waals surface area contributed by atoms with Crippen LogP contribution in [0.25, 0.3) is 0 Å². The topological polar surface area (TPSA) is 111 Å². The normalized spacial score (nSPS) is 10.8. The van der Waals surface area contributed by atoms with Crippen molar-refractivity contribution in [1.29, 1.82) is 0 Å². The second-order valence-electron chi connectivity index (χ2n) is 6.84. The van der Waals surface area contributed by atoms with Crippen LogP contribution in [0.1, 0.15) is 31.1 Å². The minimum absolute atomic E-state index is 0.0643. The van der Waals surface area contributed by atoms with E-state index in [1.807, 2.05) is 20.8 Å². The summed E-state index contributed by atoms with van der Waals surface area (Å²) in [5, 5.41) is 16.1. The molecule has 142 valence electrons. The zero-order chi connectivity index (χ0) is 20.0. The van der Waals surface area contributed by atoms with Gasteiger partial charge in [0.2, 0.25) is 0 Å². The molecule has 2 aromatic rings. The number of ether oxygens (including phenoxy) is 1. The van der Waals surface area contributed by atoms with E-state index in [2.05, 4.69) is 10.6 Å². The molecular formula is C19H21N3O5. The van der Waals surface area contributed by atoms with E-state index in [1.54, 1.807) is 24.3 Å². The van der Waals surface area contributed by atoms with Gasteiger partial charge < -0.3 is 15.4 Å². The van der Waals surface area contributed by atoms with Crippen molar-refractivity contribution in [2.45, 2.75) is 26.3 Å². The first-order chi connectivity index (χ1) is 12.7. The van der Waals surface area contributed by atoms with Gasteiger partial charge in [-0.05, 0) is 45.0 Å². The number of para-hydroxylation sites is 1. The average molecular weight is 371 g/mol. The van der Waals surface area contributed by atoms with Crippen molar-refractivity contribution in [2.75, 3.05) is 11.9 Å². The van der Waals surface area contributed by atoms with Crippen molar-refractivity contribution in [3.8, 4) is 5.75 Å². The number of carbonyl (C=O) groups is 2. The third-order valence-electron chi connectivity index (χ3n) is 3.35. The quantitative estimate of drug-likeness (QED) is 0.599. The van der Waals surface area contributed by atoms with Gasteiger partial charge in [0.05, 0.1) is 16.2 Å². The van der Waals surface area contributed by atoms with Gasteiger partial charge in [-0.15, -0.1) is 0 Å². The van der Waals surface area contributed by atoms with Crippen molar-refractivity contribution in [3.05, 3.63) is 64.2 Å². The zero-order valence-electron chi connectivity index (χ0n) is 15.3. The maximum atomic E-state index is 12.4. The smallest absolute Gasteiger partial charge is 0.269 e. The Balaban J connectivity index is 1.99. The first-order valence-corrected chi connectivity index (χ1v) is 8.24. The van der Waals surface area contributed by atoms with E-state index >= 15 is 0 Å². The molecule has 2 rings (SSSR count). The Morgan fingerprint density at radius 1 is 1.07 bits per heavy atom. The maximum absolute atomic E-state index is 12.4. The lowest BCUT2D eigenvalue weighted by Crippen LogP contribution is -2.41. The van der Waals surface area contributed by atoms with Gasteiger partial charge in [0, 0.05) is 17.7 Å². The molecule has 0 heterocycles. The lowest BCUT2D eigenvalue weighted by atomic mass is 10.1. The summed E-state index contributed by atoms with van der Waals surface area (Å²) in [6.45, 7) is 5.30. The fraction of sp³-hybridized carbons (Fsp3) is 0.263. The third-order valence-corrected chi connectivity index (χ3v) is 3.35. The highest BCUT2D eigenvalue weighted by molar-refractivity contribution is 6.04. The van der Waals surface area contributed by atoms with Crippen molar-refractivity contribution < 1.29 is 19.2 Å². The number of carbonyl (C=O) groups excluding carboxylic acids is 2. The first-order valence-electron chi connectivity index (χ1n) is 8.24. The Hall–Kier alpha value is -3.42. The SMILES string of the molecule is CC(C)(C)NC(=O)c1ccccc1NC(=O)COc1ccc([N+](=O)[O-])cc1. The van der Waals surface area contributed by atoms with Gasteiger partial charge in [-0.25, -0.2) is 0 Å². The van der Waals surface area contributed by atoms with E-state index < -0.39 is 16.4 Å². The molecule has 0 aliphatic rings.